The molecule has 1 aromatic rings. The summed E-state index contributed by atoms with van der Waals surface area (Å²) in [6.07, 6.45) is 1.20. The Balaban J connectivity index is 0.00000220. The Morgan fingerprint density at radius 2 is 2.43 bits per heavy atom. The van der Waals surface area contributed by atoms with E-state index in [0.717, 1.165) is 31.9 Å². The van der Waals surface area contributed by atoms with E-state index in [0.29, 0.717) is 19.0 Å². The van der Waals surface area contributed by atoms with E-state index in [-0.39, 0.29) is 18.3 Å². The van der Waals surface area contributed by atoms with Crippen molar-refractivity contribution in [1.82, 2.24) is 20.5 Å². The maximum atomic E-state index is 11.9. The second-order valence-electron chi connectivity index (χ2n) is 5.34. The van der Waals surface area contributed by atoms with Crippen LogP contribution >= 0.6 is 23.7 Å². The van der Waals surface area contributed by atoms with Gasteiger partial charge in [0.15, 0.2) is 0 Å². The standard InChI is InChI=1S/C14H24N4OS.ClH/c1-3-16-14(19)9-18(7-12-4-5-15-6-12)8-13-11(2)17-10-20-13;/h10,12,15H,3-9H2,1-2H3,(H,16,19);1H. The lowest BCUT2D eigenvalue weighted by molar-refractivity contribution is -0.122. The Hall–Kier alpha value is -0.690. The molecule has 0 radical (unpaired) electrons. The van der Waals surface area contributed by atoms with E-state index in [1.165, 1.54) is 11.3 Å². The van der Waals surface area contributed by atoms with Crippen LogP contribution in [0.2, 0.25) is 0 Å². The molecule has 1 aliphatic heterocycles. The predicted octanol–water partition coefficient (Wildman–Crippen LogP) is 1.42. The van der Waals surface area contributed by atoms with E-state index >= 15 is 0 Å². The zero-order chi connectivity index (χ0) is 14.4. The number of amides is 1. The van der Waals surface area contributed by atoms with Gasteiger partial charge in [-0.25, -0.2) is 4.98 Å². The minimum absolute atomic E-state index is 0. The van der Waals surface area contributed by atoms with E-state index in [9.17, 15) is 4.79 Å². The first-order valence-corrected chi connectivity index (χ1v) is 8.15. The molecule has 0 saturated carbocycles. The summed E-state index contributed by atoms with van der Waals surface area (Å²) in [5, 5.41) is 6.28. The molecule has 2 N–H and O–H groups in total. The van der Waals surface area contributed by atoms with Crippen molar-refractivity contribution in [3.05, 3.63) is 16.1 Å². The number of nitrogens with zero attached hydrogens (tertiary/aromatic N) is 2. The van der Waals surface area contributed by atoms with Gasteiger partial charge in [-0.05, 0) is 39.3 Å². The molecule has 21 heavy (non-hydrogen) atoms. The second-order valence-corrected chi connectivity index (χ2v) is 6.28. The number of aryl methyl sites for hydroxylation is 1. The average Bonchev–Trinajstić information content (AvgIpc) is 3.03. The van der Waals surface area contributed by atoms with Gasteiger partial charge in [-0.2, -0.15) is 0 Å². The summed E-state index contributed by atoms with van der Waals surface area (Å²) in [5.74, 6) is 0.762. The van der Waals surface area contributed by atoms with Gasteiger partial charge in [-0.1, -0.05) is 0 Å². The minimum atomic E-state index is 0. The first kappa shape index (κ1) is 18.4. The number of halogens is 1. The predicted molar refractivity (Wildman–Crippen MR) is 89.0 cm³/mol. The number of likely N-dealkylation sites (N-methyl/N-ethyl adjacent to an activating group) is 1. The molecule has 1 unspecified atom stereocenters. The van der Waals surface area contributed by atoms with E-state index < -0.39 is 0 Å². The lowest BCUT2D eigenvalue weighted by Crippen LogP contribution is -2.39. The number of aromatic nitrogens is 1. The van der Waals surface area contributed by atoms with Gasteiger partial charge in [0, 0.05) is 24.5 Å². The lowest BCUT2D eigenvalue weighted by atomic mass is 10.1. The molecule has 7 heteroatoms. The van der Waals surface area contributed by atoms with Gasteiger partial charge in [0.1, 0.15) is 0 Å². The molecule has 0 bridgehead atoms. The number of hydrogen-bond acceptors (Lipinski definition) is 5. The van der Waals surface area contributed by atoms with Crippen LogP contribution in [0.3, 0.4) is 0 Å². The van der Waals surface area contributed by atoms with Crippen molar-refractivity contribution >= 4 is 29.7 Å². The first-order chi connectivity index (χ1) is 9.69. The lowest BCUT2D eigenvalue weighted by Gasteiger charge is -2.24. The zero-order valence-corrected chi connectivity index (χ0v) is 14.4. The fourth-order valence-electron chi connectivity index (χ4n) is 2.56. The van der Waals surface area contributed by atoms with Gasteiger partial charge in [0.2, 0.25) is 5.91 Å². The maximum Gasteiger partial charge on any atom is 0.234 e. The van der Waals surface area contributed by atoms with Crippen LogP contribution in [0.4, 0.5) is 0 Å². The number of nitrogens with one attached hydrogen (secondary N) is 2. The Labute approximate surface area is 136 Å². The van der Waals surface area contributed by atoms with Crippen LogP contribution in [-0.4, -0.2) is 48.5 Å². The fourth-order valence-corrected chi connectivity index (χ4v) is 3.38. The number of rotatable bonds is 7. The van der Waals surface area contributed by atoms with Gasteiger partial charge >= 0.3 is 0 Å². The Morgan fingerprint density at radius 1 is 1.62 bits per heavy atom. The van der Waals surface area contributed by atoms with Gasteiger partial charge in [0.05, 0.1) is 17.7 Å². The highest BCUT2D eigenvalue weighted by Gasteiger charge is 2.20. The topological polar surface area (TPSA) is 57.3 Å². The summed E-state index contributed by atoms with van der Waals surface area (Å²) in [4.78, 5) is 19.7. The molecule has 2 heterocycles. The highest BCUT2D eigenvalue weighted by molar-refractivity contribution is 7.09. The maximum absolute atomic E-state index is 11.9. The van der Waals surface area contributed by atoms with Crippen LogP contribution in [0.5, 0.6) is 0 Å². The Bertz CT molecular complexity index is 434. The summed E-state index contributed by atoms with van der Waals surface area (Å²) in [6, 6.07) is 0. The molecule has 1 fully saturated rings. The first-order valence-electron chi connectivity index (χ1n) is 7.27. The molecule has 1 saturated heterocycles. The summed E-state index contributed by atoms with van der Waals surface area (Å²) >= 11 is 1.68. The normalized spacial score (nSPS) is 17.8. The van der Waals surface area contributed by atoms with Crippen LogP contribution in [-0.2, 0) is 11.3 Å². The number of thiazole rings is 1. The van der Waals surface area contributed by atoms with Crippen LogP contribution in [0.25, 0.3) is 0 Å². The molecule has 0 aromatic carbocycles. The van der Waals surface area contributed by atoms with Crippen LogP contribution < -0.4 is 10.6 Å². The van der Waals surface area contributed by atoms with E-state index in [1.54, 1.807) is 11.3 Å². The van der Waals surface area contributed by atoms with Crippen LogP contribution in [0, 0.1) is 12.8 Å². The van der Waals surface area contributed by atoms with Gasteiger partial charge < -0.3 is 10.6 Å². The average molecular weight is 333 g/mol. The third-order valence-corrected chi connectivity index (χ3v) is 4.55. The third kappa shape index (κ3) is 5.90. The van der Waals surface area contributed by atoms with E-state index in [1.807, 2.05) is 19.4 Å². The Kier molecular flexibility index (Phi) is 8.18. The summed E-state index contributed by atoms with van der Waals surface area (Å²) < 4.78 is 0. The van der Waals surface area contributed by atoms with Gasteiger partial charge in [0.25, 0.3) is 0 Å². The van der Waals surface area contributed by atoms with Crippen molar-refractivity contribution in [2.45, 2.75) is 26.8 Å². The van der Waals surface area contributed by atoms with E-state index in [4.69, 9.17) is 0 Å². The number of carbonyl (C=O) groups is 1. The number of carbonyl (C=O) groups excluding carboxylic acids is 1. The third-order valence-electron chi connectivity index (χ3n) is 3.63. The molecule has 5 nitrogen and oxygen atoms in total. The highest BCUT2D eigenvalue weighted by atomic mass is 35.5. The molecule has 1 amide bonds. The number of hydrogen-bond donors (Lipinski definition) is 2. The molecular weight excluding hydrogens is 308 g/mol. The molecule has 1 atom stereocenters. The molecule has 120 valence electrons. The minimum Gasteiger partial charge on any atom is -0.355 e. The molecule has 1 aromatic heterocycles. The summed E-state index contributed by atoms with van der Waals surface area (Å²) in [6.45, 7) is 9.11. The van der Waals surface area contributed by atoms with Gasteiger partial charge in [-0.15, -0.1) is 23.7 Å². The highest BCUT2D eigenvalue weighted by Crippen LogP contribution is 2.17. The van der Waals surface area contributed by atoms with Crippen LogP contribution in [0.1, 0.15) is 23.9 Å². The smallest absolute Gasteiger partial charge is 0.234 e. The Morgan fingerprint density at radius 3 is 3.00 bits per heavy atom. The zero-order valence-electron chi connectivity index (χ0n) is 12.7. The van der Waals surface area contributed by atoms with Crippen LogP contribution in [0.15, 0.2) is 5.51 Å². The molecule has 0 spiro atoms. The van der Waals surface area contributed by atoms with E-state index in [2.05, 4.69) is 20.5 Å². The van der Waals surface area contributed by atoms with Gasteiger partial charge in [-0.3, -0.25) is 9.69 Å². The quantitative estimate of drug-likeness (QED) is 0.793. The monoisotopic (exact) mass is 332 g/mol. The molecule has 0 aliphatic carbocycles. The van der Waals surface area contributed by atoms with Crippen molar-refractivity contribution in [3.8, 4) is 0 Å². The second kappa shape index (κ2) is 9.35. The fraction of sp³-hybridized carbons (Fsp3) is 0.714. The van der Waals surface area contributed by atoms with Crippen molar-refractivity contribution in [2.75, 3.05) is 32.7 Å². The molecular formula is C14H25ClN4OS. The van der Waals surface area contributed by atoms with Crippen molar-refractivity contribution in [3.63, 3.8) is 0 Å². The molecule has 1 aliphatic rings. The summed E-state index contributed by atoms with van der Waals surface area (Å²) in [5.41, 5.74) is 2.96. The molecule has 2 rings (SSSR count). The SMILES string of the molecule is CCNC(=O)CN(Cc1scnc1C)CC1CCNC1.Cl. The largest absolute Gasteiger partial charge is 0.355 e. The summed E-state index contributed by atoms with van der Waals surface area (Å²) in [7, 11) is 0. The van der Waals surface area contributed by atoms with Crippen molar-refractivity contribution in [1.29, 1.82) is 0 Å². The van der Waals surface area contributed by atoms with Crippen molar-refractivity contribution < 1.29 is 4.79 Å². The van der Waals surface area contributed by atoms with Crippen molar-refractivity contribution in [2.24, 2.45) is 5.92 Å².